The number of aliphatic hydroxyl groups excluding tert-OH is 1. The maximum Gasteiger partial charge on any atom is 0.295 e. The van der Waals surface area contributed by atoms with Crippen LogP contribution in [0, 0.1) is 0 Å². The van der Waals surface area contributed by atoms with Gasteiger partial charge in [0.2, 0.25) is 0 Å². The maximum atomic E-state index is 13.0. The number of aliphatic hydroxyl groups is 1. The number of methoxy groups -OCH3 is 1. The van der Waals surface area contributed by atoms with Crippen molar-refractivity contribution in [2.24, 2.45) is 0 Å². The molecule has 2 N–H and O–H groups in total. The second-order valence-electron chi connectivity index (χ2n) is 7.88. The molecular weight excluding hydrogens is 412 g/mol. The Labute approximate surface area is 186 Å². The molecule has 0 bridgehead atoms. The second kappa shape index (κ2) is 8.45. The zero-order valence-corrected chi connectivity index (χ0v) is 18.3. The van der Waals surface area contributed by atoms with Gasteiger partial charge in [0, 0.05) is 19.2 Å². The highest BCUT2D eigenvalue weighted by molar-refractivity contribution is 6.46. The van der Waals surface area contributed by atoms with Crippen LogP contribution in [-0.2, 0) is 9.59 Å². The van der Waals surface area contributed by atoms with Gasteiger partial charge in [-0.25, -0.2) is 0 Å². The van der Waals surface area contributed by atoms with Crippen LogP contribution in [0.2, 0.25) is 0 Å². The normalized spacial score (nSPS) is 19.7. The number of phenols is 1. The van der Waals surface area contributed by atoms with Crippen molar-refractivity contribution >= 4 is 23.1 Å². The highest BCUT2D eigenvalue weighted by Crippen LogP contribution is 2.42. The second-order valence-corrected chi connectivity index (χ2v) is 7.88. The van der Waals surface area contributed by atoms with Gasteiger partial charge in [0.15, 0.2) is 11.5 Å². The lowest BCUT2D eigenvalue weighted by atomic mass is 9.94. The number of phenolic OH excluding ortho intramolecular Hbond substituents is 1. The first-order valence-corrected chi connectivity index (χ1v) is 10.5. The SMILES string of the molecule is CCCN1C(=O)C(=O)/C(=C(\O)c2ccc3c(c2)N(C)CCO3)C1c1ccc(OC)c(O)c1. The number of ether oxygens (including phenoxy) is 2. The molecule has 0 aromatic heterocycles. The molecule has 1 fully saturated rings. The summed E-state index contributed by atoms with van der Waals surface area (Å²) in [5.74, 6) is -0.827. The van der Waals surface area contributed by atoms with Gasteiger partial charge in [-0.15, -0.1) is 0 Å². The van der Waals surface area contributed by atoms with Crippen LogP contribution in [0.1, 0.15) is 30.5 Å². The van der Waals surface area contributed by atoms with Crippen LogP contribution < -0.4 is 14.4 Å². The maximum absolute atomic E-state index is 13.0. The van der Waals surface area contributed by atoms with E-state index in [2.05, 4.69) is 0 Å². The Morgan fingerprint density at radius 1 is 1.22 bits per heavy atom. The summed E-state index contributed by atoms with van der Waals surface area (Å²) in [4.78, 5) is 29.3. The molecule has 168 valence electrons. The molecule has 0 spiro atoms. The number of benzene rings is 2. The van der Waals surface area contributed by atoms with Crippen LogP contribution in [0.3, 0.4) is 0 Å². The number of carbonyl (C=O) groups excluding carboxylic acids is 2. The molecule has 0 radical (unpaired) electrons. The fraction of sp³-hybridized carbons (Fsp3) is 0.333. The summed E-state index contributed by atoms with van der Waals surface area (Å²) < 4.78 is 10.8. The summed E-state index contributed by atoms with van der Waals surface area (Å²) in [5, 5.41) is 21.5. The van der Waals surface area contributed by atoms with Gasteiger partial charge < -0.3 is 29.5 Å². The van der Waals surface area contributed by atoms with E-state index in [9.17, 15) is 19.8 Å². The van der Waals surface area contributed by atoms with E-state index < -0.39 is 17.7 Å². The van der Waals surface area contributed by atoms with Crippen LogP contribution in [0.15, 0.2) is 42.0 Å². The largest absolute Gasteiger partial charge is 0.507 e. The first kappa shape index (κ1) is 21.5. The molecular formula is C24H26N2O6. The quantitative estimate of drug-likeness (QED) is 0.420. The van der Waals surface area contributed by atoms with Gasteiger partial charge in [0.05, 0.1) is 31.0 Å². The number of aromatic hydroxyl groups is 1. The van der Waals surface area contributed by atoms with Crippen molar-refractivity contribution in [3.8, 4) is 17.2 Å². The molecule has 0 aliphatic carbocycles. The molecule has 2 aliphatic heterocycles. The van der Waals surface area contributed by atoms with Crippen LogP contribution in [0.5, 0.6) is 17.2 Å². The number of hydrogen-bond acceptors (Lipinski definition) is 7. The van der Waals surface area contributed by atoms with Gasteiger partial charge in [-0.2, -0.15) is 0 Å². The third-order valence-corrected chi connectivity index (χ3v) is 5.85. The molecule has 8 nitrogen and oxygen atoms in total. The molecule has 2 heterocycles. The molecule has 2 aromatic rings. The van der Waals surface area contributed by atoms with Crippen molar-refractivity contribution in [2.45, 2.75) is 19.4 Å². The molecule has 0 saturated carbocycles. The number of fused-ring (bicyclic) bond motifs is 1. The molecule has 1 unspecified atom stereocenters. The van der Waals surface area contributed by atoms with Crippen LogP contribution in [0.4, 0.5) is 5.69 Å². The van der Waals surface area contributed by atoms with Gasteiger partial charge in [-0.1, -0.05) is 13.0 Å². The standard InChI is InChI=1S/C24H26N2O6/c1-4-9-26-21(14-5-8-19(31-3)17(27)13-14)20(23(29)24(26)30)22(28)15-6-7-18-16(12-15)25(2)10-11-32-18/h5-8,12-13,21,27-28H,4,9-11H2,1-3H3/b22-20-. The zero-order valence-electron chi connectivity index (χ0n) is 18.3. The molecule has 32 heavy (non-hydrogen) atoms. The minimum atomic E-state index is -0.822. The molecule has 4 rings (SSSR count). The predicted molar refractivity (Wildman–Crippen MR) is 119 cm³/mol. The number of anilines is 1. The van der Waals surface area contributed by atoms with Gasteiger partial charge >= 0.3 is 0 Å². The molecule has 1 amide bonds. The van der Waals surface area contributed by atoms with Crippen LogP contribution in [-0.4, -0.2) is 60.7 Å². The van der Waals surface area contributed by atoms with Crippen molar-refractivity contribution in [3.63, 3.8) is 0 Å². The van der Waals surface area contributed by atoms with Crippen molar-refractivity contribution in [2.75, 3.05) is 38.8 Å². The highest BCUT2D eigenvalue weighted by Gasteiger charge is 2.46. The Morgan fingerprint density at radius 2 is 2.00 bits per heavy atom. The van der Waals surface area contributed by atoms with E-state index in [0.717, 1.165) is 5.69 Å². The Morgan fingerprint density at radius 3 is 2.69 bits per heavy atom. The smallest absolute Gasteiger partial charge is 0.295 e. The lowest BCUT2D eigenvalue weighted by molar-refractivity contribution is -0.139. The third kappa shape index (κ3) is 3.51. The number of amides is 1. The fourth-order valence-electron chi connectivity index (χ4n) is 4.23. The van der Waals surface area contributed by atoms with E-state index in [4.69, 9.17) is 9.47 Å². The average molecular weight is 438 g/mol. The Bertz CT molecular complexity index is 1110. The summed E-state index contributed by atoms with van der Waals surface area (Å²) in [7, 11) is 3.36. The van der Waals surface area contributed by atoms with Crippen molar-refractivity contribution < 1.29 is 29.3 Å². The molecule has 2 aliphatic rings. The summed E-state index contributed by atoms with van der Waals surface area (Å²) >= 11 is 0. The van der Waals surface area contributed by atoms with E-state index in [1.165, 1.54) is 18.1 Å². The van der Waals surface area contributed by atoms with Crippen molar-refractivity contribution in [3.05, 3.63) is 53.1 Å². The van der Waals surface area contributed by atoms with E-state index in [-0.39, 0.29) is 22.8 Å². The third-order valence-electron chi connectivity index (χ3n) is 5.85. The monoisotopic (exact) mass is 438 g/mol. The summed E-state index contributed by atoms with van der Waals surface area (Å²) in [5.41, 5.74) is 1.71. The van der Waals surface area contributed by atoms with Crippen LogP contribution >= 0.6 is 0 Å². The predicted octanol–water partition coefficient (Wildman–Crippen LogP) is 3.06. The number of ketones is 1. The minimum absolute atomic E-state index is 0.00709. The summed E-state index contributed by atoms with van der Waals surface area (Å²) in [6.07, 6.45) is 0.632. The Balaban J connectivity index is 1.87. The number of likely N-dealkylation sites (N-methyl/N-ethyl adjacent to an activating group) is 1. The summed E-state index contributed by atoms with van der Waals surface area (Å²) in [6.45, 7) is 3.50. The fourth-order valence-corrected chi connectivity index (χ4v) is 4.23. The zero-order chi connectivity index (χ0) is 23.0. The number of hydrogen-bond donors (Lipinski definition) is 2. The molecule has 1 atom stereocenters. The molecule has 2 aromatic carbocycles. The highest BCUT2D eigenvalue weighted by atomic mass is 16.5. The molecule has 8 heteroatoms. The lowest BCUT2D eigenvalue weighted by Gasteiger charge is -2.28. The van der Waals surface area contributed by atoms with E-state index in [0.29, 0.717) is 43.0 Å². The minimum Gasteiger partial charge on any atom is -0.507 e. The van der Waals surface area contributed by atoms with Gasteiger partial charge in [0.25, 0.3) is 11.7 Å². The van der Waals surface area contributed by atoms with E-state index in [1.807, 2.05) is 18.9 Å². The Kier molecular flexibility index (Phi) is 5.69. The molecule has 1 saturated heterocycles. The number of likely N-dealkylation sites (tertiary alicyclic amines) is 1. The van der Waals surface area contributed by atoms with Gasteiger partial charge in [-0.05, 0) is 42.3 Å². The van der Waals surface area contributed by atoms with E-state index in [1.54, 1.807) is 30.3 Å². The number of nitrogens with zero attached hydrogens (tertiary/aromatic N) is 2. The topological polar surface area (TPSA) is 99.5 Å². The van der Waals surface area contributed by atoms with Crippen LogP contribution in [0.25, 0.3) is 5.76 Å². The van der Waals surface area contributed by atoms with Gasteiger partial charge in [0.1, 0.15) is 18.1 Å². The first-order chi connectivity index (χ1) is 15.4. The Hall–Kier alpha value is -3.68. The first-order valence-electron chi connectivity index (χ1n) is 10.5. The van der Waals surface area contributed by atoms with E-state index >= 15 is 0 Å². The lowest BCUT2D eigenvalue weighted by Crippen LogP contribution is -2.30. The van der Waals surface area contributed by atoms with Crippen molar-refractivity contribution in [1.29, 1.82) is 0 Å². The number of Topliss-reactive ketones (excluding diaryl/α,β-unsaturated/α-hetero) is 1. The average Bonchev–Trinajstić information content (AvgIpc) is 3.04. The van der Waals surface area contributed by atoms with Crippen molar-refractivity contribution in [1.82, 2.24) is 4.90 Å². The number of rotatable bonds is 5. The van der Waals surface area contributed by atoms with Gasteiger partial charge in [-0.3, -0.25) is 9.59 Å². The number of carbonyl (C=O) groups is 2. The summed E-state index contributed by atoms with van der Waals surface area (Å²) in [6, 6.07) is 9.05.